The first-order chi connectivity index (χ1) is 7.61. The molecule has 1 heterocycles. The number of methoxy groups -OCH3 is 1. The summed E-state index contributed by atoms with van der Waals surface area (Å²) in [4.78, 5) is 2.44. The van der Waals surface area contributed by atoms with Crippen LogP contribution >= 0.6 is 0 Å². The van der Waals surface area contributed by atoms with Crippen LogP contribution in [0.25, 0.3) is 0 Å². The van der Waals surface area contributed by atoms with E-state index in [4.69, 9.17) is 4.74 Å². The van der Waals surface area contributed by atoms with Crippen LogP contribution in [-0.4, -0.2) is 50.8 Å². The predicted molar refractivity (Wildman–Crippen MR) is 66.7 cm³/mol. The molecule has 0 amide bonds. The molecule has 1 aliphatic heterocycles. The standard InChI is InChI=1S/C13H26N2O/c1-13(4-6-15(2)7-5-13)10-14-11-8-12(9-11)16-3/h11-12,14H,4-10H2,1-3H3. The molecule has 0 spiro atoms. The van der Waals surface area contributed by atoms with Gasteiger partial charge in [0.2, 0.25) is 0 Å². The molecule has 0 unspecified atom stereocenters. The first-order valence-corrected chi connectivity index (χ1v) is 6.56. The molecule has 1 N–H and O–H groups in total. The van der Waals surface area contributed by atoms with Crippen molar-refractivity contribution < 1.29 is 4.74 Å². The summed E-state index contributed by atoms with van der Waals surface area (Å²) in [5.74, 6) is 0. The Bertz CT molecular complexity index is 218. The average Bonchev–Trinajstić information content (AvgIpc) is 2.21. The van der Waals surface area contributed by atoms with Gasteiger partial charge >= 0.3 is 0 Å². The number of hydrogen-bond acceptors (Lipinski definition) is 3. The lowest BCUT2D eigenvalue weighted by atomic mass is 9.79. The molecule has 2 rings (SSSR count). The lowest BCUT2D eigenvalue weighted by molar-refractivity contribution is 0.0121. The third-order valence-electron chi connectivity index (χ3n) is 4.44. The molecule has 1 saturated carbocycles. The number of likely N-dealkylation sites (tertiary alicyclic amines) is 1. The van der Waals surface area contributed by atoms with E-state index in [1.54, 1.807) is 0 Å². The van der Waals surface area contributed by atoms with Crippen molar-refractivity contribution >= 4 is 0 Å². The zero-order chi connectivity index (χ0) is 11.6. The minimum atomic E-state index is 0.516. The molecule has 2 fully saturated rings. The van der Waals surface area contributed by atoms with Crippen molar-refractivity contribution in [3.05, 3.63) is 0 Å². The van der Waals surface area contributed by atoms with Gasteiger partial charge in [-0.25, -0.2) is 0 Å². The van der Waals surface area contributed by atoms with Gasteiger partial charge in [0.05, 0.1) is 6.10 Å². The largest absolute Gasteiger partial charge is 0.381 e. The van der Waals surface area contributed by atoms with E-state index in [9.17, 15) is 0 Å². The van der Waals surface area contributed by atoms with E-state index in [1.165, 1.54) is 45.3 Å². The second-order valence-electron chi connectivity index (χ2n) is 6.02. The second-order valence-corrected chi connectivity index (χ2v) is 6.02. The minimum Gasteiger partial charge on any atom is -0.381 e. The van der Waals surface area contributed by atoms with E-state index in [2.05, 4.69) is 24.2 Å². The molecule has 16 heavy (non-hydrogen) atoms. The molecule has 0 aromatic heterocycles. The minimum absolute atomic E-state index is 0.516. The monoisotopic (exact) mass is 226 g/mol. The highest BCUT2D eigenvalue weighted by molar-refractivity contribution is 4.89. The Morgan fingerprint density at radius 2 is 1.94 bits per heavy atom. The first-order valence-electron chi connectivity index (χ1n) is 6.56. The van der Waals surface area contributed by atoms with Gasteiger partial charge in [-0.3, -0.25) is 0 Å². The third kappa shape index (κ3) is 2.96. The number of hydrogen-bond donors (Lipinski definition) is 1. The smallest absolute Gasteiger partial charge is 0.0601 e. The first kappa shape index (κ1) is 12.3. The number of rotatable bonds is 4. The zero-order valence-corrected chi connectivity index (χ0v) is 11.0. The van der Waals surface area contributed by atoms with Crippen LogP contribution in [0.3, 0.4) is 0 Å². The quantitative estimate of drug-likeness (QED) is 0.786. The summed E-state index contributed by atoms with van der Waals surface area (Å²) in [7, 11) is 4.04. The summed E-state index contributed by atoms with van der Waals surface area (Å²) in [6, 6.07) is 0.710. The molecule has 94 valence electrons. The van der Waals surface area contributed by atoms with Crippen molar-refractivity contribution in [1.29, 1.82) is 0 Å². The molecule has 3 heteroatoms. The van der Waals surface area contributed by atoms with Crippen LogP contribution in [0.4, 0.5) is 0 Å². The predicted octanol–water partition coefficient (Wildman–Crippen LogP) is 1.49. The van der Waals surface area contributed by atoms with Crippen molar-refractivity contribution in [3.8, 4) is 0 Å². The Kier molecular flexibility index (Phi) is 3.88. The summed E-state index contributed by atoms with van der Waals surface area (Å²) < 4.78 is 5.30. The number of nitrogens with zero attached hydrogens (tertiary/aromatic N) is 1. The van der Waals surface area contributed by atoms with Crippen LogP contribution in [-0.2, 0) is 4.74 Å². The van der Waals surface area contributed by atoms with Gasteiger partial charge in [0.1, 0.15) is 0 Å². The number of piperidine rings is 1. The van der Waals surface area contributed by atoms with Crippen molar-refractivity contribution in [2.45, 2.75) is 44.8 Å². The Labute approximate surface area is 99.5 Å². The molecule has 0 aromatic rings. The fourth-order valence-electron chi connectivity index (χ4n) is 2.65. The molecule has 1 aliphatic carbocycles. The van der Waals surface area contributed by atoms with Crippen LogP contribution in [0.1, 0.15) is 32.6 Å². The Hall–Kier alpha value is -0.120. The van der Waals surface area contributed by atoms with Crippen LogP contribution in [0.15, 0.2) is 0 Å². The normalized spacial score (nSPS) is 34.7. The van der Waals surface area contributed by atoms with E-state index in [1.807, 2.05) is 7.11 Å². The summed E-state index contributed by atoms with van der Waals surface area (Å²) in [6.07, 6.45) is 5.58. The molecule has 0 aromatic carbocycles. The fraction of sp³-hybridized carbons (Fsp3) is 1.00. The molecule has 0 radical (unpaired) electrons. The van der Waals surface area contributed by atoms with Crippen molar-refractivity contribution in [3.63, 3.8) is 0 Å². The third-order valence-corrected chi connectivity index (χ3v) is 4.44. The van der Waals surface area contributed by atoms with Crippen LogP contribution < -0.4 is 5.32 Å². The molecular formula is C13H26N2O. The van der Waals surface area contributed by atoms with Gasteiger partial charge in [-0.05, 0) is 51.2 Å². The van der Waals surface area contributed by atoms with Gasteiger partial charge in [0, 0.05) is 19.7 Å². The highest BCUT2D eigenvalue weighted by Gasteiger charge is 2.33. The Morgan fingerprint density at radius 3 is 2.50 bits per heavy atom. The Morgan fingerprint density at radius 1 is 1.31 bits per heavy atom. The van der Waals surface area contributed by atoms with E-state index in [-0.39, 0.29) is 0 Å². The molecule has 3 nitrogen and oxygen atoms in total. The maximum Gasteiger partial charge on any atom is 0.0601 e. The summed E-state index contributed by atoms with van der Waals surface area (Å²) in [5.41, 5.74) is 0.519. The maximum absolute atomic E-state index is 5.30. The van der Waals surface area contributed by atoms with Gasteiger partial charge in [-0.2, -0.15) is 0 Å². The topological polar surface area (TPSA) is 24.5 Å². The zero-order valence-electron chi connectivity index (χ0n) is 11.0. The summed E-state index contributed by atoms with van der Waals surface area (Å²) >= 11 is 0. The van der Waals surface area contributed by atoms with Gasteiger partial charge in [-0.15, -0.1) is 0 Å². The van der Waals surface area contributed by atoms with Crippen molar-refractivity contribution in [1.82, 2.24) is 10.2 Å². The highest BCUT2D eigenvalue weighted by atomic mass is 16.5. The second kappa shape index (κ2) is 5.03. The fourth-order valence-corrected chi connectivity index (χ4v) is 2.65. The number of nitrogens with one attached hydrogen (secondary N) is 1. The lowest BCUT2D eigenvalue weighted by Crippen LogP contribution is -2.50. The maximum atomic E-state index is 5.30. The van der Waals surface area contributed by atoms with Gasteiger partial charge in [0.15, 0.2) is 0 Å². The van der Waals surface area contributed by atoms with Crippen LogP contribution in [0.2, 0.25) is 0 Å². The molecular weight excluding hydrogens is 200 g/mol. The van der Waals surface area contributed by atoms with Crippen molar-refractivity contribution in [2.24, 2.45) is 5.41 Å². The van der Waals surface area contributed by atoms with E-state index in [0.29, 0.717) is 17.6 Å². The summed E-state index contributed by atoms with van der Waals surface area (Å²) in [6.45, 7) is 6.12. The molecule has 1 saturated heterocycles. The Balaban J connectivity index is 1.66. The molecule has 0 atom stereocenters. The highest BCUT2D eigenvalue weighted by Crippen LogP contribution is 2.31. The SMILES string of the molecule is COC1CC(NCC2(C)CCN(C)CC2)C1. The van der Waals surface area contributed by atoms with Crippen LogP contribution in [0.5, 0.6) is 0 Å². The van der Waals surface area contributed by atoms with Crippen molar-refractivity contribution in [2.75, 3.05) is 33.8 Å². The van der Waals surface area contributed by atoms with Gasteiger partial charge in [0.25, 0.3) is 0 Å². The molecule has 2 aliphatic rings. The number of ether oxygens (including phenoxy) is 1. The van der Waals surface area contributed by atoms with E-state index >= 15 is 0 Å². The average molecular weight is 226 g/mol. The van der Waals surface area contributed by atoms with E-state index in [0.717, 1.165) is 0 Å². The van der Waals surface area contributed by atoms with Gasteiger partial charge < -0.3 is 15.0 Å². The van der Waals surface area contributed by atoms with E-state index < -0.39 is 0 Å². The summed E-state index contributed by atoms with van der Waals surface area (Å²) in [5, 5.41) is 3.71. The van der Waals surface area contributed by atoms with Gasteiger partial charge in [-0.1, -0.05) is 6.92 Å². The van der Waals surface area contributed by atoms with Crippen LogP contribution in [0, 0.1) is 5.41 Å². The lowest BCUT2D eigenvalue weighted by Gasteiger charge is -2.41. The molecule has 0 bridgehead atoms.